The third-order valence-electron chi connectivity index (χ3n) is 6.77. The highest BCUT2D eigenvalue weighted by Gasteiger charge is 2.36. The maximum Gasteiger partial charge on any atom is 0.315 e. The number of fused-ring (bicyclic) bond motifs is 1. The van der Waals surface area contributed by atoms with Crippen LogP contribution >= 0.6 is 0 Å². The van der Waals surface area contributed by atoms with Crippen molar-refractivity contribution in [1.29, 1.82) is 0 Å². The predicted octanol–water partition coefficient (Wildman–Crippen LogP) is 3.13. The minimum absolute atomic E-state index is 0.0503. The van der Waals surface area contributed by atoms with Crippen molar-refractivity contribution in [3.8, 4) is 11.3 Å². The van der Waals surface area contributed by atoms with Crippen LogP contribution < -0.4 is 10.2 Å². The van der Waals surface area contributed by atoms with Gasteiger partial charge in [-0.05, 0) is 37.6 Å². The van der Waals surface area contributed by atoms with Crippen LogP contribution in [0.15, 0.2) is 36.7 Å². The van der Waals surface area contributed by atoms with Gasteiger partial charge in [-0.25, -0.2) is 9.97 Å². The summed E-state index contributed by atoms with van der Waals surface area (Å²) in [5.41, 5.74) is 4.39. The molecule has 0 saturated carbocycles. The molecule has 0 bridgehead atoms. The number of nitrogens with one attached hydrogen (secondary N) is 1. The average Bonchev–Trinajstić information content (AvgIpc) is 2.91. The number of morpholine rings is 2. The Morgan fingerprint density at radius 3 is 2.68 bits per heavy atom. The number of aryl methyl sites for hydroxylation is 1. The summed E-state index contributed by atoms with van der Waals surface area (Å²) < 4.78 is 37.3. The van der Waals surface area contributed by atoms with E-state index in [4.69, 9.17) is 14.5 Å². The molecule has 1 N–H and O–H groups in total. The Labute approximate surface area is 213 Å². The lowest BCUT2D eigenvalue weighted by atomic mass is 10.0. The number of carbonyl (C=O) groups excluding carboxylic acids is 1. The molecule has 196 valence electrons. The minimum Gasteiger partial charge on any atom is -0.378 e. The molecule has 0 unspecified atom stereocenters. The molecule has 0 aliphatic carbocycles. The number of rotatable bonds is 6. The normalized spacial score (nSPS) is 20.5. The van der Waals surface area contributed by atoms with E-state index < -0.39 is 17.9 Å². The highest BCUT2D eigenvalue weighted by atomic mass is 19.3. The van der Waals surface area contributed by atoms with Gasteiger partial charge >= 0.3 is 6.43 Å². The van der Waals surface area contributed by atoms with E-state index in [2.05, 4.69) is 39.2 Å². The SMILES string of the molecule is Cc1cc(-c2cc3nccnc3c(NC[C@@]3(C)CN(C(=O)C(F)F)CCO3)n2)ccc1N1CCOCC1. The molecule has 4 heterocycles. The largest absolute Gasteiger partial charge is 0.378 e. The Hall–Kier alpha value is -3.44. The van der Waals surface area contributed by atoms with Crippen molar-refractivity contribution in [2.24, 2.45) is 0 Å². The average molecular weight is 513 g/mol. The third-order valence-corrected chi connectivity index (χ3v) is 6.77. The quantitative estimate of drug-likeness (QED) is 0.539. The van der Waals surface area contributed by atoms with Gasteiger partial charge in [0.1, 0.15) is 11.1 Å². The molecule has 0 radical (unpaired) electrons. The lowest BCUT2D eigenvalue weighted by molar-refractivity contribution is -0.157. The smallest absolute Gasteiger partial charge is 0.315 e. The molecule has 3 aromatic rings. The number of halogens is 2. The maximum atomic E-state index is 13.0. The minimum atomic E-state index is -3.04. The lowest BCUT2D eigenvalue weighted by Gasteiger charge is -2.40. The molecule has 5 rings (SSSR count). The first-order valence-corrected chi connectivity index (χ1v) is 12.3. The summed E-state index contributed by atoms with van der Waals surface area (Å²) >= 11 is 0. The molecule has 1 atom stereocenters. The van der Waals surface area contributed by atoms with Gasteiger partial charge in [-0.15, -0.1) is 0 Å². The Kier molecular flexibility index (Phi) is 7.16. The van der Waals surface area contributed by atoms with Crippen LogP contribution in [-0.4, -0.2) is 90.3 Å². The summed E-state index contributed by atoms with van der Waals surface area (Å²) in [6.07, 6.45) is 0.186. The van der Waals surface area contributed by atoms with Crippen molar-refractivity contribution >= 4 is 28.4 Å². The van der Waals surface area contributed by atoms with Crippen LogP contribution in [0, 0.1) is 6.92 Å². The summed E-state index contributed by atoms with van der Waals surface area (Å²) in [6, 6.07) is 8.17. The number of hydrogen-bond donors (Lipinski definition) is 1. The second-order valence-corrected chi connectivity index (χ2v) is 9.59. The first-order valence-electron chi connectivity index (χ1n) is 12.3. The summed E-state index contributed by atoms with van der Waals surface area (Å²) in [6.45, 7) is 7.65. The van der Waals surface area contributed by atoms with Crippen molar-refractivity contribution in [2.45, 2.75) is 25.9 Å². The van der Waals surface area contributed by atoms with Crippen molar-refractivity contribution < 1.29 is 23.0 Å². The zero-order chi connectivity index (χ0) is 26.0. The molecule has 2 aliphatic rings. The summed E-state index contributed by atoms with van der Waals surface area (Å²) in [7, 11) is 0. The number of nitrogens with zero attached hydrogens (tertiary/aromatic N) is 5. The molecule has 11 heteroatoms. The number of alkyl halides is 2. The van der Waals surface area contributed by atoms with E-state index in [1.54, 1.807) is 19.3 Å². The molecular formula is C26H30F2N6O3. The highest BCUT2D eigenvalue weighted by molar-refractivity contribution is 5.89. The second kappa shape index (κ2) is 10.5. The number of carbonyl (C=O) groups is 1. The van der Waals surface area contributed by atoms with Gasteiger partial charge in [-0.3, -0.25) is 9.78 Å². The summed E-state index contributed by atoms with van der Waals surface area (Å²) in [5, 5.41) is 3.29. The van der Waals surface area contributed by atoms with Crippen molar-refractivity contribution in [3.63, 3.8) is 0 Å². The Bertz CT molecular complexity index is 1290. The fourth-order valence-corrected chi connectivity index (χ4v) is 4.85. The Balaban J connectivity index is 1.40. The van der Waals surface area contributed by atoms with Gasteiger partial charge in [-0.2, -0.15) is 8.78 Å². The van der Waals surface area contributed by atoms with E-state index in [0.717, 1.165) is 48.0 Å². The standard InChI is InChI=1S/C26H30F2N6O3/c1-17-13-18(3-4-21(17)33-7-10-36-11-8-33)19-14-20-22(30-6-5-29-20)24(32-19)31-15-26(2)16-34(9-12-37-26)25(35)23(27)28/h3-6,13-14,23H,7-12,15-16H2,1-2H3,(H,31,32)/t26-/m0/s1. The van der Waals surface area contributed by atoms with Crippen LogP contribution in [0.1, 0.15) is 12.5 Å². The third kappa shape index (κ3) is 5.47. The molecule has 2 saturated heterocycles. The molecule has 9 nitrogen and oxygen atoms in total. The number of amides is 1. The monoisotopic (exact) mass is 512 g/mol. The fraction of sp³-hybridized carbons (Fsp3) is 0.462. The van der Waals surface area contributed by atoms with Gasteiger partial charge in [0.05, 0.1) is 37.6 Å². The molecule has 2 fully saturated rings. The first-order chi connectivity index (χ1) is 17.8. The zero-order valence-corrected chi connectivity index (χ0v) is 20.9. The second-order valence-electron chi connectivity index (χ2n) is 9.59. The van der Waals surface area contributed by atoms with E-state index in [0.29, 0.717) is 16.9 Å². The van der Waals surface area contributed by atoms with Gasteiger partial charge in [0.25, 0.3) is 5.91 Å². The number of pyridine rings is 1. The van der Waals surface area contributed by atoms with E-state index in [9.17, 15) is 13.6 Å². The summed E-state index contributed by atoms with van der Waals surface area (Å²) in [5.74, 6) is -0.667. The number of benzene rings is 1. The molecule has 2 aromatic heterocycles. The van der Waals surface area contributed by atoms with E-state index >= 15 is 0 Å². The van der Waals surface area contributed by atoms with Crippen LogP contribution in [-0.2, 0) is 14.3 Å². The van der Waals surface area contributed by atoms with Crippen LogP contribution in [0.2, 0.25) is 0 Å². The topological polar surface area (TPSA) is 92.7 Å². The number of aromatic nitrogens is 3. The fourth-order valence-electron chi connectivity index (χ4n) is 4.85. The molecule has 1 amide bonds. The number of hydrogen-bond acceptors (Lipinski definition) is 8. The van der Waals surface area contributed by atoms with E-state index in [1.165, 1.54) is 5.69 Å². The van der Waals surface area contributed by atoms with Crippen LogP contribution in [0.5, 0.6) is 0 Å². The van der Waals surface area contributed by atoms with Crippen molar-refractivity contribution in [2.75, 3.05) is 62.8 Å². The lowest BCUT2D eigenvalue weighted by Crippen LogP contribution is -2.56. The molecule has 37 heavy (non-hydrogen) atoms. The van der Waals surface area contributed by atoms with Crippen LogP contribution in [0.3, 0.4) is 0 Å². The first kappa shape index (κ1) is 25.2. The van der Waals surface area contributed by atoms with Crippen molar-refractivity contribution in [1.82, 2.24) is 19.9 Å². The number of ether oxygens (including phenoxy) is 2. The number of anilines is 2. The van der Waals surface area contributed by atoms with Crippen molar-refractivity contribution in [3.05, 3.63) is 42.2 Å². The van der Waals surface area contributed by atoms with E-state index in [1.807, 2.05) is 12.1 Å². The maximum absolute atomic E-state index is 13.0. The van der Waals surface area contributed by atoms with E-state index in [-0.39, 0.29) is 26.2 Å². The molecular weight excluding hydrogens is 482 g/mol. The predicted molar refractivity (Wildman–Crippen MR) is 136 cm³/mol. The summed E-state index contributed by atoms with van der Waals surface area (Å²) in [4.78, 5) is 29.1. The van der Waals surface area contributed by atoms with Crippen LogP contribution in [0.4, 0.5) is 20.3 Å². The van der Waals surface area contributed by atoms with Gasteiger partial charge in [-0.1, -0.05) is 6.07 Å². The Morgan fingerprint density at radius 1 is 1.14 bits per heavy atom. The Morgan fingerprint density at radius 2 is 1.92 bits per heavy atom. The van der Waals surface area contributed by atoms with Crippen LogP contribution in [0.25, 0.3) is 22.3 Å². The zero-order valence-electron chi connectivity index (χ0n) is 20.9. The van der Waals surface area contributed by atoms with Gasteiger partial charge in [0, 0.05) is 49.8 Å². The van der Waals surface area contributed by atoms with Gasteiger partial charge in [0.2, 0.25) is 0 Å². The van der Waals surface area contributed by atoms with Gasteiger partial charge < -0.3 is 24.6 Å². The highest BCUT2D eigenvalue weighted by Crippen LogP contribution is 2.30. The molecule has 1 aromatic carbocycles. The molecule has 2 aliphatic heterocycles. The molecule has 0 spiro atoms. The van der Waals surface area contributed by atoms with Gasteiger partial charge in [0.15, 0.2) is 5.82 Å².